The van der Waals surface area contributed by atoms with Crippen molar-refractivity contribution in [2.24, 2.45) is 5.92 Å². The second-order valence-corrected chi connectivity index (χ2v) is 4.79. The smallest absolute Gasteiger partial charge is 0.336 e. The van der Waals surface area contributed by atoms with Crippen LogP contribution in [0.15, 0.2) is 35.9 Å². The Morgan fingerprint density at radius 2 is 2.05 bits per heavy atom. The normalized spacial score (nSPS) is 14.9. The molecule has 0 radical (unpaired) electrons. The number of esters is 1. The summed E-state index contributed by atoms with van der Waals surface area (Å²) in [7, 11) is 0. The van der Waals surface area contributed by atoms with E-state index >= 15 is 0 Å². The summed E-state index contributed by atoms with van der Waals surface area (Å²) < 4.78 is 5.22. The van der Waals surface area contributed by atoms with E-state index in [9.17, 15) is 9.59 Å². The first-order chi connectivity index (χ1) is 9.04. The molecule has 1 aliphatic rings. The molecule has 0 unspecified atom stereocenters. The van der Waals surface area contributed by atoms with Crippen molar-refractivity contribution in [3.8, 4) is 5.75 Å². The maximum absolute atomic E-state index is 11.7. The van der Waals surface area contributed by atoms with Crippen molar-refractivity contribution in [2.45, 2.75) is 26.7 Å². The summed E-state index contributed by atoms with van der Waals surface area (Å²) in [6.45, 7) is 3.38. The van der Waals surface area contributed by atoms with E-state index < -0.39 is 0 Å². The Morgan fingerprint density at radius 1 is 1.32 bits per heavy atom. The Bertz CT molecular complexity index is 530. The maximum atomic E-state index is 11.7. The zero-order valence-corrected chi connectivity index (χ0v) is 11.1. The van der Waals surface area contributed by atoms with Gasteiger partial charge in [-0.3, -0.25) is 4.79 Å². The summed E-state index contributed by atoms with van der Waals surface area (Å²) >= 11 is 0. The van der Waals surface area contributed by atoms with Crippen LogP contribution < -0.4 is 10.1 Å². The van der Waals surface area contributed by atoms with Gasteiger partial charge in [-0.1, -0.05) is 11.6 Å². The number of carbonyl (C=O) groups excluding carboxylic acids is 2. The molecule has 1 fully saturated rings. The largest absolute Gasteiger partial charge is 0.423 e. The number of hydrogen-bond donors (Lipinski definition) is 1. The zero-order chi connectivity index (χ0) is 13.8. The summed E-state index contributed by atoms with van der Waals surface area (Å²) in [5.74, 6) is 0.451. The number of ether oxygens (including phenoxy) is 1. The number of rotatable bonds is 4. The zero-order valence-electron chi connectivity index (χ0n) is 11.1. The van der Waals surface area contributed by atoms with Gasteiger partial charge >= 0.3 is 5.97 Å². The van der Waals surface area contributed by atoms with E-state index in [2.05, 4.69) is 5.32 Å². The molecule has 1 saturated carbocycles. The molecule has 4 heteroatoms. The van der Waals surface area contributed by atoms with Gasteiger partial charge in [0.1, 0.15) is 5.75 Å². The highest BCUT2D eigenvalue weighted by molar-refractivity contribution is 5.89. The SMILES string of the molecule is CC(=O)Nc1cccc(OC(=O)/C=C(\C)C2CC2)c1. The van der Waals surface area contributed by atoms with Crippen molar-refractivity contribution >= 4 is 17.6 Å². The molecule has 1 N–H and O–H groups in total. The van der Waals surface area contributed by atoms with E-state index in [-0.39, 0.29) is 11.9 Å². The lowest BCUT2D eigenvalue weighted by Gasteiger charge is -2.05. The van der Waals surface area contributed by atoms with Gasteiger partial charge in [-0.15, -0.1) is 0 Å². The fraction of sp³-hybridized carbons (Fsp3) is 0.333. The van der Waals surface area contributed by atoms with Gasteiger partial charge in [-0.2, -0.15) is 0 Å². The Balaban J connectivity index is 2.00. The molecule has 1 aromatic carbocycles. The molecule has 4 nitrogen and oxygen atoms in total. The van der Waals surface area contributed by atoms with Crippen molar-refractivity contribution in [1.82, 2.24) is 0 Å². The van der Waals surface area contributed by atoms with Crippen molar-refractivity contribution in [1.29, 1.82) is 0 Å². The van der Waals surface area contributed by atoms with E-state index in [1.54, 1.807) is 30.3 Å². The third kappa shape index (κ3) is 4.25. The molecule has 0 spiro atoms. The number of hydrogen-bond acceptors (Lipinski definition) is 3. The van der Waals surface area contributed by atoms with Crippen LogP contribution >= 0.6 is 0 Å². The van der Waals surface area contributed by atoms with Gasteiger partial charge in [0.2, 0.25) is 5.91 Å². The van der Waals surface area contributed by atoms with Crippen molar-refractivity contribution in [2.75, 3.05) is 5.32 Å². The summed E-state index contributed by atoms with van der Waals surface area (Å²) in [5.41, 5.74) is 1.68. The third-order valence-corrected chi connectivity index (χ3v) is 2.94. The standard InChI is InChI=1S/C15H17NO3/c1-10(12-6-7-12)8-15(18)19-14-5-3-4-13(9-14)16-11(2)17/h3-5,8-9,12H,6-7H2,1-2H3,(H,16,17)/b10-8+. The maximum Gasteiger partial charge on any atom is 0.336 e. The number of anilines is 1. The Kier molecular flexibility index (Phi) is 4.00. The molecule has 100 valence electrons. The predicted octanol–water partition coefficient (Wildman–Crippen LogP) is 2.91. The van der Waals surface area contributed by atoms with Crippen LogP contribution in [0.5, 0.6) is 5.75 Å². The molecular weight excluding hydrogens is 242 g/mol. The van der Waals surface area contributed by atoms with E-state index in [4.69, 9.17) is 4.74 Å². The molecule has 1 amide bonds. The Labute approximate surface area is 112 Å². The van der Waals surface area contributed by atoms with Gasteiger partial charge < -0.3 is 10.1 Å². The molecular formula is C15H17NO3. The van der Waals surface area contributed by atoms with Crippen LogP contribution in [0, 0.1) is 5.92 Å². The van der Waals surface area contributed by atoms with Gasteiger partial charge in [0.05, 0.1) is 0 Å². The highest BCUT2D eigenvalue weighted by Crippen LogP contribution is 2.35. The molecule has 0 heterocycles. The van der Waals surface area contributed by atoms with Gasteiger partial charge in [0.25, 0.3) is 0 Å². The fourth-order valence-corrected chi connectivity index (χ4v) is 1.83. The van der Waals surface area contributed by atoms with Crippen LogP contribution in [0.2, 0.25) is 0 Å². The van der Waals surface area contributed by atoms with Crippen LogP contribution in [-0.4, -0.2) is 11.9 Å². The molecule has 0 saturated heterocycles. The quantitative estimate of drug-likeness (QED) is 0.514. The van der Waals surface area contributed by atoms with Crippen LogP contribution in [0.1, 0.15) is 26.7 Å². The average molecular weight is 259 g/mol. The van der Waals surface area contributed by atoms with E-state index in [1.165, 1.54) is 6.92 Å². The summed E-state index contributed by atoms with van der Waals surface area (Å²) in [4.78, 5) is 22.6. The lowest BCUT2D eigenvalue weighted by molar-refractivity contribution is -0.129. The molecule has 1 aliphatic carbocycles. The average Bonchev–Trinajstić information content (AvgIpc) is 3.11. The number of allylic oxidation sites excluding steroid dienone is 1. The second-order valence-electron chi connectivity index (χ2n) is 4.79. The molecule has 2 rings (SSSR count). The van der Waals surface area contributed by atoms with E-state index in [1.807, 2.05) is 6.92 Å². The highest BCUT2D eigenvalue weighted by Gasteiger charge is 2.23. The van der Waals surface area contributed by atoms with Gasteiger partial charge in [0.15, 0.2) is 0 Å². The minimum atomic E-state index is -0.371. The van der Waals surface area contributed by atoms with Crippen LogP contribution in [0.3, 0.4) is 0 Å². The molecule has 19 heavy (non-hydrogen) atoms. The number of benzene rings is 1. The van der Waals surface area contributed by atoms with Crippen molar-refractivity contribution < 1.29 is 14.3 Å². The monoisotopic (exact) mass is 259 g/mol. The summed E-state index contributed by atoms with van der Waals surface area (Å²) in [6.07, 6.45) is 3.87. The fourth-order valence-electron chi connectivity index (χ4n) is 1.83. The summed E-state index contributed by atoms with van der Waals surface area (Å²) in [6, 6.07) is 6.78. The van der Waals surface area contributed by atoms with Gasteiger partial charge in [0, 0.05) is 24.8 Å². The minimum absolute atomic E-state index is 0.159. The first-order valence-corrected chi connectivity index (χ1v) is 6.32. The topological polar surface area (TPSA) is 55.4 Å². The number of nitrogens with one attached hydrogen (secondary N) is 1. The molecule has 1 aromatic rings. The van der Waals surface area contributed by atoms with Crippen LogP contribution in [-0.2, 0) is 9.59 Å². The van der Waals surface area contributed by atoms with E-state index in [0.29, 0.717) is 17.4 Å². The predicted molar refractivity (Wildman–Crippen MR) is 72.9 cm³/mol. The van der Waals surface area contributed by atoms with Gasteiger partial charge in [-0.25, -0.2) is 4.79 Å². The van der Waals surface area contributed by atoms with E-state index in [0.717, 1.165) is 18.4 Å². The lowest BCUT2D eigenvalue weighted by atomic mass is 10.2. The molecule has 0 atom stereocenters. The minimum Gasteiger partial charge on any atom is -0.423 e. The number of amides is 1. The molecule has 0 aromatic heterocycles. The molecule has 0 bridgehead atoms. The number of carbonyl (C=O) groups is 2. The lowest BCUT2D eigenvalue weighted by Crippen LogP contribution is -2.08. The Hall–Kier alpha value is -2.10. The highest BCUT2D eigenvalue weighted by atomic mass is 16.5. The first kappa shape index (κ1) is 13.3. The Morgan fingerprint density at radius 3 is 2.68 bits per heavy atom. The first-order valence-electron chi connectivity index (χ1n) is 6.32. The van der Waals surface area contributed by atoms with Crippen molar-refractivity contribution in [3.05, 3.63) is 35.9 Å². The summed E-state index contributed by atoms with van der Waals surface area (Å²) in [5, 5.41) is 2.64. The van der Waals surface area contributed by atoms with Crippen molar-refractivity contribution in [3.63, 3.8) is 0 Å². The molecule has 0 aliphatic heterocycles. The third-order valence-electron chi connectivity index (χ3n) is 2.94. The van der Waals surface area contributed by atoms with Gasteiger partial charge in [-0.05, 0) is 37.8 Å². The van der Waals surface area contributed by atoms with Crippen LogP contribution in [0.25, 0.3) is 0 Å². The second kappa shape index (κ2) is 5.69. The van der Waals surface area contributed by atoms with Crippen LogP contribution in [0.4, 0.5) is 5.69 Å².